The van der Waals surface area contributed by atoms with Gasteiger partial charge in [0.2, 0.25) is 0 Å². The molecule has 0 bridgehead atoms. The predicted octanol–water partition coefficient (Wildman–Crippen LogP) is 2.42. The highest BCUT2D eigenvalue weighted by Gasteiger charge is 2.11. The molecule has 0 spiro atoms. The van der Waals surface area contributed by atoms with Crippen molar-refractivity contribution >= 4 is 23.2 Å². The molecule has 0 aliphatic heterocycles. The summed E-state index contributed by atoms with van der Waals surface area (Å²) >= 11 is 6.04. The van der Waals surface area contributed by atoms with E-state index in [2.05, 4.69) is 15.1 Å². The van der Waals surface area contributed by atoms with E-state index in [1.807, 2.05) is 36.2 Å². The van der Waals surface area contributed by atoms with Crippen LogP contribution in [-0.4, -0.2) is 33.7 Å². The molecule has 0 radical (unpaired) electrons. The molecular weight excluding hydrogens is 290 g/mol. The SMILES string of the molecule is COc1cccc(CN(C)c2cc(Cl)nc3ncnn23)c1. The summed E-state index contributed by atoms with van der Waals surface area (Å²) in [6.07, 6.45) is 1.46. The largest absolute Gasteiger partial charge is 0.497 e. The van der Waals surface area contributed by atoms with Crippen molar-refractivity contribution < 1.29 is 4.74 Å². The topological polar surface area (TPSA) is 55.5 Å². The summed E-state index contributed by atoms with van der Waals surface area (Å²) in [6.45, 7) is 0.687. The molecule has 21 heavy (non-hydrogen) atoms. The fraction of sp³-hybridized carbons (Fsp3) is 0.214. The average molecular weight is 304 g/mol. The van der Waals surface area contributed by atoms with Crippen LogP contribution in [0.4, 0.5) is 5.82 Å². The molecule has 1 aromatic carbocycles. The molecule has 0 amide bonds. The van der Waals surface area contributed by atoms with Crippen molar-refractivity contribution in [2.24, 2.45) is 0 Å². The monoisotopic (exact) mass is 303 g/mol. The number of ether oxygens (including phenoxy) is 1. The number of hydrogen-bond donors (Lipinski definition) is 0. The van der Waals surface area contributed by atoms with E-state index in [0.717, 1.165) is 17.1 Å². The Balaban J connectivity index is 1.93. The van der Waals surface area contributed by atoms with Gasteiger partial charge in [-0.1, -0.05) is 23.7 Å². The summed E-state index contributed by atoms with van der Waals surface area (Å²) in [7, 11) is 3.62. The molecule has 0 saturated carbocycles. The first-order valence-corrected chi connectivity index (χ1v) is 6.75. The van der Waals surface area contributed by atoms with Gasteiger partial charge >= 0.3 is 0 Å². The van der Waals surface area contributed by atoms with E-state index in [9.17, 15) is 0 Å². The molecule has 0 aliphatic rings. The third-order valence-electron chi connectivity index (χ3n) is 3.15. The van der Waals surface area contributed by atoms with E-state index >= 15 is 0 Å². The Kier molecular flexibility index (Phi) is 3.62. The maximum absolute atomic E-state index is 6.04. The normalized spacial score (nSPS) is 10.8. The minimum absolute atomic E-state index is 0.392. The molecule has 2 heterocycles. The Morgan fingerprint density at radius 3 is 3.00 bits per heavy atom. The van der Waals surface area contributed by atoms with Gasteiger partial charge in [0.05, 0.1) is 7.11 Å². The summed E-state index contributed by atoms with van der Waals surface area (Å²) in [5.41, 5.74) is 1.12. The van der Waals surface area contributed by atoms with Crippen LogP contribution in [0.3, 0.4) is 0 Å². The van der Waals surface area contributed by atoms with Gasteiger partial charge in [-0.15, -0.1) is 0 Å². The van der Waals surface area contributed by atoms with Gasteiger partial charge in [0, 0.05) is 19.7 Å². The van der Waals surface area contributed by atoms with Crippen LogP contribution in [0, 0.1) is 0 Å². The van der Waals surface area contributed by atoms with E-state index in [1.165, 1.54) is 6.33 Å². The lowest BCUT2D eigenvalue weighted by molar-refractivity contribution is 0.414. The maximum atomic E-state index is 6.04. The predicted molar refractivity (Wildman–Crippen MR) is 80.9 cm³/mol. The second-order valence-electron chi connectivity index (χ2n) is 4.62. The molecule has 3 rings (SSSR count). The second kappa shape index (κ2) is 5.57. The zero-order chi connectivity index (χ0) is 14.8. The van der Waals surface area contributed by atoms with Gasteiger partial charge in [-0.2, -0.15) is 19.6 Å². The fourth-order valence-electron chi connectivity index (χ4n) is 2.17. The number of benzene rings is 1. The van der Waals surface area contributed by atoms with Crippen molar-refractivity contribution in [1.82, 2.24) is 19.6 Å². The molecule has 0 aliphatic carbocycles. The Morgan fingerprint density at radius 1 is 1.33 bits per heavy atom. The molecule has 7 heteroatoms. The number of halogens is 1. The van der Waals surface area contributed by atoms with Gasteiger partial charge in [0.15, 0.2) is 0 Å². The fourth-order valence-corrected chi connectivity index (χ4v) is 2.34. The maximum Gasteiger partial charge on any atom is 0.255 e. The molecule has 0 saturated heterocycles. The number of aromatic nitrogens is 4. The van der Waals surface area contributed by atoms with Crippen molar-refractivity contribution in [3.63, 3.8) is 0 Å². The summed E-state index contributed by atoms with van der Waals surface area (Å²) < 4.78 is 6.90. The summed E-state index contributed by atoms with van der Waals surface area (Å²) in [6, 6.07) is 9.69. The number of fused-ring (bicyclic) bond motifs is 1. The third-order valence-corrected chi connectivity index (χ3v) is 3.34. The van der Waals surface area contributed by atoms with E-state index in [-0.39, 0.29) is 0 Å². The van der Waals surface area contributed by atoms with Crippen molar-refractivity contribution in [3.8, 4) is 5.75 Å². The molecule has 108 valence electrons. The van der Waals surface area contributed by atoms with Crippen LogP contribution in [-0.2, 0) is 6.54 Å². The van der Waals surface area contributed by atoms with Gasteiger partial charge in [-0.3, -0.25) is 0 Å². The van der Waals surface area contributed by atoms with E-state index in [4.69, 9.17) is 16.3 Å². The number of nitrogens with zero attached hydrogens (tertiary/aromatic N) is 5. The van der Waals surface area contributed by atoms with E-state index < -0.39 is 0 Å². The van der Waals surface area contributed by atoms with Gasteiger partial charge in [0.25, 0.3) is 5.78 Å². The van der Waals surface area contributed by atoms with Crippen LogP contribution in [0.25, 0.3) is 5.78 Å². The molecule has 0 atom stereocenters. The molecule has 0 fully saturated rings. The zero-order valence-electron chi connectivity index (χ0n) is 11.7. The van der Waals surface area contributed by atoms with Crippen LogP contribution < -0.4 is 9.64 Å². The zero-order valence-corrected chi connectivity index (χ0v) is 12.4. The Bertz CT molecular complexity index is 773. The van der Waals surface area contributed by atoms with Gasteiger partial charge in [-0.25, -0.2) is 0 Å². The Morgan fingerprint density at radius 2 is 2.19 bits per heavy atom. The number of rotatable bonds is 4. The quantitative estimate of drug-likeness (QED) is 0.693. The minimum atomic E-state index is 0.392. The minimum Gasteiger partial charge on any atom is -0.497 e. The molecule has 2 aromatic heterocycles. The summed E-state index contributed by atoms with van der Waals surface area (Å²) in [5, 5.41) is 4.57. The molecular formula is C14H14ClN5O. The smallest absolute Gasteiger partial charge is 0.255 e. The molecule has 6 nitrogen and oxygen atoms in total. The molecule has 0 N–H and O–H groups in total. The second-order valence-corrected chi connectivity index (χ2v) is 5.00. The van der Waals surface area contributed by atoms with Crippen LogP contribution in [0.5, 0.6) is 5.75 Å². The van der Waals surface area contributed by atoms with Gasteiger partial charge in [0.1, 0.15) is 23.0 Å². The summed E-state index contributed by atoms with van der Waals surface area (Å²) in [5.74, 6) is 2.14. The highest BCUT2D eigenvalue weighted by molar-refractivity contribution is 6.29. The third kappa shape index (κ3) is 2.75. The first-order chi connectivity index (χ1) is 10.2. The van der Waals surface area contributed by atoms with Crippen molar-refractivity contribution in [1.29, 1.82) is 0 Å². The van der Waals surface area contributed by atoms with Crippen LogP contribution >= 0.6 is 11.6 Å². The summed E-state index contributed by atoms with van der Waals surface area (Å²) in [4.78, 5) is 10.2. The van der Waals surface area contributed by atoms with E-state index in [0.29, 0.717) is 17.5 Å². The number of methoxy groups -OCH3 is 1. The van der Waals surface area contributed by atoms with E-state index in [1.54, 1.807) is 17.7 Å². The highest BCUT2D eigenvalue weighted by atomic mass is 35.5. The van der Waals surface area contributed by atoms with Gasteiger partial charge < -0.3 is 9.64 Å². The lowest BCUT2D eigenvalue weighted by atomic mass is 10.2. The van der Waals surface area contributed by atoms with Crippen LogP contribution in [0.2, 0.25) is 5.15 Å². The first kappa shape index (κ1) is 13.6. The molecule has 0 unspecified atom stereocenters. The van der Waals surface area contributed by atoms with Crippen molar-refractivity contribution in [2.45, 2.75) is 6.54 Å². The Hall–Kier alpha value is -2.34. The number of anilines is 1. The first-order valence-electron chi connectivity index (χ1n) is 6.38. The Labute approximate surface area is 127 Å². The van der Waals surface area contributed by atoms with Crippen LogP contribution in [0.1, 0.15) is 5.56 Å². The lowest BCUT2D eigenvalue weighted by Crippen LogP contribution is -2.20. The van der Waals surface area contributed by atoms with Gasteiger partial charge in [-0.05, 0) is 17.7 Å². The standard InChI is InChI=1S/C14H14ClN5O/c1-19(8-10-4-3-5-11(6-10)21-2)13-7-12(15)18-14-16-9-17-20(13)14/h3-7,9H,8H2,1-2H3. The van der Waals surface area contributed by atoms with Crippen molar-refractivity contribution in [2.75, 3.05) is 19.1 Å². The number of hydrogen-bond acceptors (Lipinski definition) is 5. The van der Waals surface area contributed by atoms with Crippen molar-refractivity contribution in [3.05, 3.63) is 47.4 Å². The highest BCUT2D eigenvalue weighted by Crippen LogP contribution is 2.21. The molecule has 3 aromatic rings. The lowest BCUT2D eigenvalue weighted by Gasteiger charge is -2.20. The van der Waals surface area contributed by atoms with Crippen LogP contribution in [0.15, 0.2) is 36.7 Å². The average Bonchev–Trinajstić information content (AvgIpc) is 2.94.